The fourth-order valence-corrected chi connectivity index (χ4v) is 4.61. The first-order valence-corrected chi connectivity index (χ1v) is 11.1. The van der Waals surface area contributed by atoms with Gasteiger partial charge in [0.2, 0.25) is 16.0 Å². The first-order chi connectivity index (χ1) is 14.6. The van der Waals surface area contributed by atoms with Crippen LogP contribution in [0.4, 0.5) is 16.0 Å². The van der Waals surface area contributed by atoms with Crippen molar-refractivity contribution in [2.45, 2.75) is 31.2 Å². The van der Waals surface area contributed by atoms with Gasteiger partial charge in [-0.25, -0.2) is 22.0 Å². The Kier molecular flexibility index (Phi) is 5.24. The Morgan fingerprint density at radius 3 is 2.45 bits per heavy atom. The Morgan fingerprint density at radius 2 is 1.71 bits per heavy atom. The molecule has 0 aliphatic heterocycles. The zero-order chi connectivity index (χ0) is 22.2. The van der Waals surface area contributed by atoms with Crippen molar-refractivity contribution in [1.82, 2.24) is 19.3 Å². The van der Waals surface area contributed by atoms with Gasteiger partial charge in [-0.05, 0) is 57.2 Å². The van der Waals surface area contributed by atoms with Crippen molar-refractivity contribution in [2.75, 3.05) is 5.32 Å². The zero-order valence-electron chi connectivity index (χ0n) is 17.3. The normalized spacial score (nSPS) is 12.3. The van der Waals surface area contributed by atoms with E-state index in [0.717, 1.165) is 0 Å². The molecule has 0 aliphatic rings. The fraction of sp³-hybridized carbons (Fsp3) is 0.182. The first kappa shape index (κ1) is 21.0. The average Bonchev–Trinajstić information content (AvgIpc) is 3.10. The lowest BCUT2D eigenvalue weighted by Gasteiger charge is -2.20. The van der Waals surface area contributed by atoms with E-state index in [0.29, 0.717) is 16.9 Å². The predicted molar refractivity (Wildman–Crippen MR) is 118 cm³/mol. The van der Waals surface area contributed by atoms with Gasteiger partial charge in [0.05, 0.1) is 16.3 Å². The van der Waals surface area contributed by atoms with Crippen LogP contribution in [0.2, 0.25) is 0 Å². The Labute approximate surface area is 180 Å². The van der Waals surface area contributed by atoms with Crippen molar-refractivity contribution in [3.8, 4) is 11.3 Å². The molecule has 0 bridgehead atoms. The fourth-order valence-electron chi connectivity index (χ4n) is 3.14. The number of hydrogen-bond acceptors (Lipinski definition) is 5. The summed E-state index contributed by atoms with van der Waals surface area (Å²) in [5.74, 6) is -0.179. The van der Waals surface area contributed by atoms with Crippen molar-refractivity contribution in [3.63, 3.8) is 0 Å². The highest BCUT2D eigenvalue weighted by Gasteiger charge is 2.22. The molecule has 0 radical (unpaired) electrons. The van der Waals surface area contributed by atoms with E-state index < -0.39 is 21.4 Å². The number of benzene rings is 2. The predicted octanol–water partition coefficient (Wildman–Crippen LogP) is 4.36. The van der Waals surface area contributed by atoms with Crippen molar-refractivity contribution < 1.29 is 12.8 Å². The Balaban J connectivity index is 1.74. The quantitative estimate of drug-likeness (QED) is 0.483. The number of para-hydroxylation sites is 1. The van der Waals surface area contributed by atoms with Gasteiger partial charge in [0, 0.05) is 11.1 Å². The van der Waals surface area contributed by atoms with Crippen LogP contribution >= 0.6 is 0 Å². The van der Waals surface area contributed by atoms with E-state index in [1.165, 1.54) is 6.07 Å². The summed E-state index contributed by atoms with van der Waals surface area (Å²) >= 11 is 0. The van der Waals surface area contributed by atoms with Crippen LogP contribution in [0.1, 0.15) is 20.8 Å². The molecule has 0 saturated carbocycles. The van der Waals surface area contributed by atoms with E-state index in [2.05, 4.69) is 20.1 Å². The van der Waals surface area contributed by atoms with Crippen molar-refractivity contribution in [2.24, 2.45) is 0 Å². The van der Waals surface area contributed by atoms with Gasteiger partial charge in [-0.3, -0.25) is 0 Å². The van der Waals surface area contributed by atoms with Crippen LogP contribution in [0, 0.1) is 5.82 Å². The Morgan fingerprint density at radius 1 is 0.968 bits per heavy atom. The maximum absolute atomic E-state index is 14.0. The third-order valence-corrected chi connectivity index (χ3v) is 6.12. The zero-order valence-corrected chi connectivity index (χ0v) is 18.1. The van der Waals surface area contributed by atoms with Gasteiger partial charge in [-0.15, -0.1) is 5.10 Å². The van der Waals surface area contributed by atoms with E-state index >= 15 is 0 Å². The second kappa shape index (κ2) is 7.75. The molecular formula is C22H22FN5O2S. The molecule has 0 aliphatic carbocycles. The van der Waals surface area contributed by atoms with Crippen LogP contribution in [0.15, 0.2) is 71.6 Å². The number of hydrogen-bond donors (Lipinski definition) is 2. The van der Waals surface area contributed by atoms with Crippen LogP contribution in [0.5, 0.6) is 0 Å². The number of nitrogens with one attached hydrogen (secondary N) is 2. The molecule has 0 spiro atoms. The third kappa shape index (κ3) is 4.57. The van der Waals surface area contributed by atoms with Crippen LogP contribution < -0.4 is 10.0 Å². The van der Waals surface area contributed by atoms with Gasteiger partial charge in [-0.1, -0.05) is 30.3 Å². The summed E-state index contributed by atoms with van der Waals surface area (Å²) in [5, 5.41) is 7.32. The number of rotatable bonds is 5. The summed E-state index contributed by atoms with van der Waals surface area (Å²) < 4.78 is 43.7. The minimum Gasteiger partial charge on any atom is -0.320 e. The molecule has 4 aromatic rings. The van der Waals surface area contributed by atoms with Gasteiger partial charge in [-0.2, -0.15) is 4.98 Å². The molecule has 4 rings (SSSR count). The van der Waals surface area contributed by atoms with E-state index in [-0.39, 0.29) is 16.5 Å². The molecule has 0 unspecified atom stereocenters. The minimum absolute atomic E-state index is 0.154. The van der Waals surface area contributed by atoms with E-state index in [4.69, 9.17) is 0 Å². The summed E-state index contributed by atoms with van der Waals surface area (Å²) in [7, 11) is -3.69. The number of pyridine rings is 1. The first-order valence-electron chi connectivity index (χ1n) is 9.64. The molecule has 2 aromatic heterocycles. The third-order valence-electron chi connectivity index (χ3n) is 4.36. The number of halogens is 1. The molecule has 0 fully saturated rings. The van der Waals surface area contributed by atoms with Crippen LogP contribution in [-0.4, -0.2) is 28.6 Å². The van der Waals surface area contributed by atoms with Gasteiger partial charge in [0.25, 0.3) is 0 Å². The summed E-state index contributed by atoms with van der Waals surface area (Å²) in [5.41, 5.74) is 1.51. The lowest BCUT2D eigenvalue weighted by atomic mass is 10.1. The number of nitrogens with zero attached hydrogens (tertiary/aromatic N) is 3. The number of aromatic nitrogens is 3. The summed E-state index contributed by atoms with van der Waals surface area (Å²) in [4.78, 5) is 4.55. The molecule has 9 heteroatoms. The second-order valence-electron chi connectivity index (χ2n) is 8.10. The van der Waals surface area contributed by atoms with Gasteiger partial charge < -0.3 is 5.32 Å². The van der Waals surface area contributed by atoms with Gasteiger partial charge >= 0.3 is 0 Å². The highest BCUT2D eigenvalue weighted by atomic mass is 32.2. The molecule has 2 aromatic carbocycles. The topological polar surface area (TPSA) is 88.4 Å². The van der Waals surface area contributed by atoms with Crippen LogP contribution in [0.3, 0.4) is 0 Å². The highest BCUT2D eigenvalue weighted by Crippen LogP contribution is 2.25. The highest BCUT2D eigenvalue weighted by molar-refractivity contribution is 7.89. The molecule has 2 heterocycles. The molecule has 0 atom stereocenters. The standard InChI is InChI=1S/C22H22FN5O2S/c1-22(2,3)27-31(29,30)16-9-6-8-15(14-16)19-12-7-13-20-25-21(26-28(19)20)24-18-11-5-4-10-17(18)23/h4-14,27H,1-3H3,(H,24,26). The minimum atomic E-state index is -3.69. The smallest absolute Gasteiger partial charge is 0.247 e. The molecule has 0 saturated heterocycles. The number of anilines is 2. The van der Waals surface area contributed by atoms with Crippen molar-refractivity contribution in [3.05, 3.63) is 72.5 Å². The molecule has 160 valence electrons. The van der Waals surface area contributed by atoms with Gasteiger partial charge in [0.15, 0.2) is 5.65 Å². The molecular weight excluding hydrogens is 417 g/mol. The molecule has 31 heavy (non-hydrogen) atoms. The maximum atomic E-state index is 14.0. The summed E-state index contributed by atoms with van der Waals surface area (Å²) in [6.07, 6.45) is 0. The van der Waals surface area contributed by atoms with Crippen molar-refractivity contribution in [1.29, 1.82) is 0 Å². The lowest BCUT2D eigenvalue weighted by molar-refractivity contribution is 0.491. The molecule has 2 N–H and O–H groups in total. The molecule has 0 amide bonds. The van der Waals surface area contributed by atoms with E-state index in [1.54, 1.807) is 79.9 Å². The summed E-state index contributed by atoms with van der Waals surface area (Å²) in [6, 6.07) is 18.3. The second-order valence-corrected chi connectivity index (χ2v) is 9.79. The van der Waals surface area contributed by atoms with Gasteiger partial charge in [0.1, 0.15) is 5.82 Å². The maximum Gasteiger partial charge on any atom is 0.247 e. The molecule has 7 nitrogen and oxygen atoms in total. The summed E-state index contributed by atoms with van der Waals surface area (Å²) in [6.45, 7) is 5.36. The van der Waals surface area contributed by atoms with Crippen LogP contribution in [-0.2, 0) is 10.0 Å². The lowest BCUT2D eigenvalue weighted by Crippen LogP contribution is -2.40. The van der Waals surface area contributed by atoms with E-state index in [1.807, 2.05) is 6.07 Å². The Bertz CT molecular complexity index is 1360. The van der Waals surface area contributed by atoms with Crippen LogP contribution in [0.25, 0.3) is 16.9 Å². The number of sulfonamides is 1. The van der Waals surface area contributed by atoms with E-state index in [9.17, 15) is 12.8 Å². The monoisotopic (exact) mass is 439 g/mol. The Hall–Kier alpha value is -3.30. The number of fused-ring (bicyclic) bond motifs is 1. The average molecular weight is 440 g/mol. The largest absolute Gasteiger partial charge is 0.320 e. The SMILES string of the molecule is CC(C)(C)NS(=O)(=O)c1cccc(-c2cccc3nc(Nc4ccccc4F)nn23)c1. The van der Waals surface area contributed by atoms with Crippen molar-refractivity contribution >= 4 is 27.3 Å².